The van der Waals surface area contributed by atoms with Gasteiger partial charge in [0.2, 0.25) is 17.8 Å². The van der Waals surface area contributed by atoms with Crippen LogP contribution in [0.3, 0.4) is 0 Å². The Morgan fingerprint density at radius 3 is 2.71 bits per heavy atom. The van der Waals surface area contributed by atoms with Crippen LogP contribution in [0.25, 0.3) is 0 Å². The number of rotatable bonds is 3. The molecule has 10 nitrogen and oxygen atoms in total. The molecule has 2 amide bonds. The van der Waals surface area contributed by atoms with E-state index in [0.29, 0.717) is 47.7 Å². The third-order valence-electron chi connectivity index (χ3n) is 5.72. The van der Waals surface area contributed by atoms with Crippen molar-refractivity contribution in [1.82, 2.24) is 9.97 Å². The van der Waals surface area contributed by atoms with Gasteiger partial charge < -0.3 is 30.7 Å². The molecule has 0 aliphatic carbocycles. The Balaban J connectivity index is 1.41. The van der Waals surface area contributed by atoms with Gasteiger partial charge in [-0.15, -0.1) is 0 Å². The second-order valence-electron chi connectivity index (χ2n) is 7.87. The summed E-state index contributed by atoms with van der Waals surface area (Å²) >= 11 is 0. The molecule has 31 heavy (non-hydrogen) atoms. The fraction of sp³-hybridized carbons (Fsp3) is 0.429. The largest absolute Gasteiger partial charge is 0.486 e. The van der Waals surface area contributed by atoms with Gasteiger partial charge in [0, 0.05) is 31.3 Å². The molecule has 0 radical (unpaired) electrons. The van der Waals surface area contributed by atoms with E-state index in [1.807, 2.05) is 0 Å². The van der Waals surface area contributed by atoms with Crippen LogP contribution in [0, 0.1) is 0 Å². The number of fused-ring (bicyclic) bond motifs is 2. The molecule has 0 spiro atoms. The van der Waals surface area contributed by atoms with E-state index >= 15 is 0 Å². The van der Waals surface area contributed by atoms with Crippen molar-refractivity contribution in [1.29, 1.82) is 0 Å². The molecular weight excluding hydrogens is 400 g/mol. The lowest BCUT2D eigenvalue weighted by molar-refractivity contribution is -0.123. The minimum atomic E-state index is -0.785. The molecule has 1 aromatic carbocycles. The first-order valence-electron chi connectivity index (χ1n) is 10.5. The first-order valence-corrected chi connectivity index (χ1v) is 10.5. The Kier molecular flexibility index (Phi) is 4.97. The van der Waals surface area contributed by atoms with Gasteiger partial charge in [-0.25, -0.2) is 0 Å². The first kappa shape index (κ1) is 19.4. The Morgan fingerprint density at radius 1 is 1.13 bits per heavy atom. The molecule has 4 N–H and O–H groups in total. The standard InChI is InChI=1S/C21H24N6O4/c22-18-17-13(20(29)23-12-4-5-14-15(10-12)31-9-8-30-14)11-16(28)24-19(17)26-21(25-18)27-6-2-1-3-7-27/h4-5,10,13H,1-3,6-9,11H2,(H,23,29)(H3,22,24,25,26,28). The van der Waals surface area contributed by atoms with Crippen LogP contribution in [-0.4, -0.2) is 48.1 Å². The van der Waals surface area contributed by atoms with Gasteiger partial charge in [-0.05, 0) is 31.4 Å². The zero-order valence-electron chi connectivity index (χ0n) is 17.0. The van der Waals surface area contributed by atoms with E-state index in [-0.39, 0.29) is 24.1 Å². The average molecular weight is 424 g/mol. The lowest BCUT2D eigenvalue weighted by Crippen LogP contribution is -2.35. The number of carbonyl (C=O) groups is 2. The van der Waals surface area contributed by atoms with Crippen LogP contribution in [0.5, 0.6) is 11.5 Å². The second-order valence-corrected chi connectivity index (χ2v) is 7.87. The minimum absolute atomic E-state index is 0.0278. The van der Waals surface area contributed by atoms with Gasteiger partial charge in [-0.3, -0.25) is 9.59 Å². The number of nitrogen functional groups attached to an aromatic ring is 1. The number of carbonyl (C=O) groups excluding carboxylic acids is 2. The van der Waals surface area contributed by atoms with Gasteiger partial charge in [0.1, 0.15) is 24.8 Å². The van der Waals surface area contributed by atoms with E-state index in [0.717, 1.165) is 25.9 Å². The SMILES string of the molecule is Nc1nc(N2CCCCC2)nc2c1C(C(=O)Nc1ccc3c(c1)OCCO3)CC(=O)N2. The molecule has 3 aliphatic rings. The Labute approximate surface area is 179 Å². The number of aromatic nitrogens is 2. The first-order chi connectivity index (χ1) is 15.1. The van der Waals surface area contributed by atoms with Crippen LogP contribution in [-0.2, 0) is 9.59 Å². The lowest BCUT2D eigenvalue weighted by Gasteiger charge is -2.30. The molecule has 4 heterocycles. The zero-order chi connectivity index (χ0) is 21.4. The number of ether oxygens (including phenoxy) is 2. The molecule has 1 fully saturated rings. The summed E-state index contributed by atoms with van der Waals surface area (Å²) in [7, 11) is 0. The summed E-state index contributed by atoms with van der Waals surface area (Å²) in [6, 6.07) is 5.18. The van der Waals surface area contributed by atoms with Gasteiger partial charge >= 0.3 is 0 Å². The molecule has 0 bridgehead atoms. The smallest absolute Gasteiger partial charge is 0.232 e. The summed E-state index contributed by atoms with van der Waals surface area (Å²) in [5.74, 6) is 0.803. The summed E-state index contributed by atoms with van der Waals surface area (Å²) in [4.78, 5) is 36.5. The van der Waals surface area contributed by atoms with Crippen LogP contribution >= 0.6 is 0 Å². The average Bonchev–Trinajstić information content (AvgIpc) is 2.78. The van der Waals surface area contributed by atoms with Crippen LogP contribution in [0.1, 0.15) is 37.2 Å². The number of benzene rings is 1. The van der Waals surface area contributed by atoms with Crippen molar-refractivity contribution in [3.05, 3.63) is 23.8 Å². The summed E-state index contributed by atoms with van der Waals surface area (Å²) in [6.45, 7) is 2.64. The normalized spacial score (nSPS) is 19.9. The van der Waals surface area contributed by atoms with E-state index in [1.54, 1.807) is 18.2 Å². The van der Waals surface area contributed by atoms with Gasteiger partial charge in [0.25, 0.3) is 0 Å². The van der Waals surface area contributed by atoms with E-state index in [2.05, 4.69) is 25.5 Å². The predicted molar refractivity (Wildman–Crippen MR) is 115 cm³/mol. The van der Waals surface area contributed by atoms with Crippen molar-refractivity contribution < 1.29 is 19.1 Å². The molecule has 3 aliphatic heterocycles. The number of nitrogens with two attached hydrogens (primary N) is 1. The van der Waals surface area contributed by atoms with Crippen LogP contribution in [0.4, 0.5) is 23.3 Å². The molecule has 1 unspecified atom stereocenters. The van der Waals surface area contributed by atoms with Crippen molar-refractivity contribution in [2.75, 3.05) is 47.6 Å². The topological polar surface area (TPSA) is 132 Å². The number of hydrogen-bond acceptors (Lipinski definition) is 8. The van der Waals surface area contributed by atoms with E-state index in [4.69, 9.17) is 15.2 Å². The van der Waals surface area contributed by atoms with Crippen LogP contribution in [0.15, 0.2) is 18.2 Å². The summed E-state index contributed by atoms with van der Waals surface area (Å²) < 4.78 is 11.1. The maximum absolute atomic E-state index is 13.1. The van der Waals surface area contributed by atoms with Crippen molar-refractivity contribution in [2.45, 2.75) is 31.6 Å². The molecule has 5 rings (SSSR count). The fourth-order valence-corrected chi connectivity index (χ4v) is 4.19. The fourth-order valence-electron chi connectivity index (χ4n) is 4.19. The molecule has 0 saturated carbocycles. The van der Waals surface area contributed by atoms with Gasteiger partial charge in [0.15, 0.2) is 11.5 Å². The number of nitrogens with zero attached hydrogens (tertiary/aromatic N) is 3. The third-order valence-corrected chi connectivity index (χ3v) is 5.72. The Bertz CT molecular complexity index is 1040. The van der Waals surface area contributed by atoms with Crippen molar-refractivity contribution in [3.8, 4) is 11.5 Å². The summed E-state index contributed by atoms with van der Waals surface area (Å²) in [6.07, 6.45) is 3.27. The molecule has 10 heteroatoms. The van der Waals surface area contributed by atoms with Crippen LogP contribution in [0.2, 0.25) is 0 Å². The predicted octanol–water partition coefficient (Wildman–Crippen LogP) is 1.88. The number of anilines is 4. The second kappa shape index (κ2) is 7.93. The molecule has 1 atom stereocenters. The summed E-state index contributed by atoms with van der Waals surface area (Å²) in [5.41, 5.74) is 7.26. The summed E-state index contributed by atoms with van der Waals surface area (Å²) in [5, 5.41) is 5.61. The lowest BCUT2D eigenvalue weighted by atomic mass is 9.92. The maximum atomic E-state index is 13.1. The Morgan fingerprint density at radius 2 is 1.90 bits per heavy atom. The highest BCUT2D eigenvalue weighted by Crippen LogP contribution is 2.38. The van der Waals surface area contributed by atoms with Crippen molar-refractivity contribution >= 4 is 35.1 Å². The molecule has 2 aromatic rings. The number of hydrogen-bond donors (Lipinski definition) is 3. The highest BCUT2D eigenvalue weighted by Gasteiger charge is 2.35. The van der Waals surface area contributed by atoms with Gasteiger partial charge in [-0.1, -0.05) is 0 Å². The highest BCUT2D eigenvalue weighted by atomic mass is 16.6. The number of piperidine rings is 1. The van der Waals surface area contributed by atoms with E-state index in [9.17, 15) is 9.59 Å². The molecular formula is C21H24N6O4. The quantitative estimate of drug-likeness (QED) is 0.681. The molecule has 1 aromatic heterocycles. The maximum Gasteiger partial charge on any atom is 0.232 e. The van der Waals surface area contributed by atoms with Crippen molar-refractivity contribution in [3.63, 3.8) is 0 Å². The zero-order valence-corrected chi connectivity index (χ0v) is 17.0. The molecule has 162 valence electrons. The minimum Gasteiger partial charge on any atom is -0.486 e. The number of amides is 2. The van der Waals surface area contributed by atoms with Gasteiger partial charge in [-0.2, -0.15) is 9.97 Å². The molecule has 1 saturated heterocycles. The van der Waals surface area contributed by atoms with Gasteiger partial charge in [0.05, 0.1) is 11.5 Å². The number of nitrogens with one attached hydrogen (secondary N) is 2. The monoisotopic (exact) mass is 424 g/mol. The van der Waals surface area contributed by atoms with Crippen LogP contribution < -0.4 is 30.7 Å². The van der Waals surface area contributed by atoms with E-state index in [1.165, 1.54) is 6.42 Å². The Hall–Kier alpha value is -3.56. The third kappa shape index (κ3) is 3.80. The highest BCUT2D eigenvalue weighted by molar-refractivity contribution is 6.05. The van der Waals surface area contributed by atoms with Crippen molar-refractivity contribution in [2.24, 2.45) is 0 Å². The van der Waals surface area contributed by atoms with E-state index < -0.39 is 5.92 Å².